The Kier molecular flexibility index (Phi) is 6.93. The minimum absolute atomic E-state index is 0.0554. The molecule has 1 atom stereocenters. The van der Waals surface area contributed by atoms with E-state index in [9.17, 15) is 19.5 Å². The first-order valence-electron chi connectivity index (χ1n) is 10.8. The molecule has 9 heteroatoms. The summed E-state index contributed by atoms with van der Waals surface area (Å²) >= 11 is 0. The van der Waals surface area contributed by atoms with E-state index in [1.807, 2.05) is 30.3 Å². The summed E-state index contributed by atoms with van der Waals surface area (Å²) in [7, 11) is 1.43. The van der Waals surface area contributed by atoms with Crippen LogP contribution in [0.5, 0.6) is 5.75 Å². The minimum atomic E-state index is -1.07. The molecule has 0 aromatic heterocycles. The second-order valence-corrected chi connectivity index (χ2v) is 7.78. The Morgan fingerprint density at radius 1 is 1.06 bits per heavy atom. The lowest BCUT2D eigenvalue weighted by Crippen LogP contribution is -2.53. The van der Waals surface area contributed by atoms with Crippen LogP contribution in [0.25, 0.3) is 10.8 Å². The quantitative estimate of drug-likeness (QED) is 0.517. The van der Waals surface area contributed by atoms with Gasteiger partial charge in [-0.3, -0.25) is 14.5 Å². The number of anilines is 1. The monoisotopic (exact) mass is 463 g/mol. The second kappa shape index (κ2) is 10.2. The minimum Gasteiger partial charge on any atom is -0.496 e. The molecule has 0 aliphatic carbocycles. The molecule has 0 bridgehead atoms. The summed E-state index contributed by atoms with van der Waals surface area (Å²) in [5.74, 6) is -0.582. The summed E-state index contributed by atoms with van der Waals surface area (Å²) in [4.78, 5) is 39.0. The van der Waals surface area contributed by atoms with E-state index < -0.39 is 18.0 Å². The number of carboxylic acid groups (broad SMARTS) is 1. The van der Waals surface area contributed by atoms with Crippen molar-refractivity contribution in [1.82, 2.24) is 10.2 Å². The van der Waals surface area contributed by atoms with Crippen LogP contribution in [0, 0.1) is 0 Å². The summed E-state index contributed by atoms with van der Waals surface area (Å²) in [6.07, 6.45) is -1.07. The van der Waals surface area contributed by atoms with Crippen LogP contribution in [-0.4, -0.2) is 67.4 Å². The van der Waals surface area contributed by atoms with Gasteiger partial charge in [-0.15, -0.1) is 0 Å². The van der Waals surface area contributed by atoms with Gasteiger partial charge in [0.15, 0.2) is 0 Å². The third-order valence-corrected chi connectivity index (χ3v) is 5.73. The zero-order chi connectivity index (χ0) is 24.1. The van der Waals surface area contributed by atoms with Crippen molar-refractivity contribution >= 4 is 34.4 Å². The molecule has 0 spiro atoms. The van der Waals surface area contributed by atoms with Gasteiger partial charge in [0.2, 0.25) is 0 Å². The van der Waals surface area contributed by atoms with Crippen LogP contribution >= 0.6 is 0 Å². The third-order valence-electron chi connectivity index (χ3n) is 5.73. The van der Waals surface area contributed by atoms with Crippen LogP contribution in [0.2, 0.25) is 0 Å². The number of hydrogen-bond acceptors (Lipinski definition) is 5. The summed E-state index contributed by atoms with van der Waals surface area (Å²) in [6.45, 7) is 0.785. The Morgan fingerprint density at radius 3 is 2.62 bits per heavy atom. The van der Waals surface area contributed by atoms with Crippen LogP contribution in [0.1, 0.15) is 20.7 Å². The molecule has 1 fully saturated rings. The van der Waals surface area contributed by atoms with Gasteiger partial charge in [0.05, 0.1) is 32.1 Å². The number of benzene rings is 3. The maximum Gasteiger partial charge on any atom is 0.407 e. The Balaban J connectivity index is 1.57. The van der Waals surface area contributed by atoms with Gasteiger partial charge in [0.25, 0.3) is 11.8 Å². The van der Waals surface area contributed by atoms with Gasteiger partial charge in [-0.05, 0) is 29.0 Å². The number of ether oxygens (including phenoxy) is 2. The number of hydrogen-bond donors (Lipinski definition) is 3. The van der Waals surface area contributed by atoms with Crippen molar-refractivity contribution in [2.45, 2.75) is 6.04 Å². The zero-order valence-corrected chi connectivity index (χ0v) is 18.6. The van der Waals surface area contributed by atoms with E-state index in [1.165, 1.54) is 12.0 Å². The predicted molar refractivity (Wildman–Crippen MR) is 127 cm³/mol. The average molecular weight is 463 g/mol. The van der Waals surface area contributed by atoms with Crippen molar-refractivity contribution in [2.75, 3.05) is 38.7 Å². The van der Waals surface area contributed by atoms with Crippen LogP contribution in [-0.2, 0) is 4.74 Å². The van der Waals surface area contributed by atoms with E-state index >= 15 is 0 Å². The van der Waals surface area contributed by atoms with E-state index in [2.05, 4.69) is 10.6 Å². The van der Waals surface area contributed by atoms with Crippen LogP contribution in [0.4, 0.5) is 10.5 Å². The van der Waals surface area contributed by atoms with Gasteiger partial charge in [0.1, 0.15) is 11.3 Å². The number of morpholine rings is 1. The molecular formula is C25H25N3O6. The lowest BCUT2D eigenvalue weighted by atomic mass is 10.0. The molecular weight excluding hydrogens is 438 g/mol. The molecule has 3 amide bonds. The Bertz CT molecular complexity index is 1220. The maximum atomic E-state index is 13.2. The summed E-state index contributed by atoms with van der Waals surface area (Å²) in [6, 6.07) is 17.4. The third kappa shape index (κ3) is 4.79. The first kappa shape index (κ1) is 23.1. The molecule has 34 heavy (non-hydrogen) atoms. The largest absolute Gasteiger partial charge is 0.496 e. The van der Waals surface area contributed by atoms with Crippen molar-refractivity contribution in [3.05, 3.63) is 71.8 Å². The van der Waals surface area contributed by atoms with Crippen LogP contribution in [0.15, 0.2) is 60.7 Å². The van der Waals surface area contributed by atoms with E-state index in [-0.39, 0.29) is 42.6 Å². The smallest absolute Gasteiger partial charge is 0.407 e. The molecule has 1 unspecified atom stereocenters. The van der Waals surface area contributed by atoms with Crippen LogP contribution < -0.4 is 15.4 Å². The number of amides is 3. The number of nitrogens with zero attached hydrogens (tertiary/aromatic N) is 1. The number of carbonyl (C=O) groups is 3. The zero-order valence-electron chi connectivity index (χ0n) is 18.6. The molecule has 3 N–H and O–H groups in total. The normalized spacial score (nSPS) is 15.6. The van der Waals surface area contributed by atoms with E-state index in [4.69, 9.17) is 9.47 Å². The molecule has 0 radical (unpaired) electrons. The van der Waals surface area contributed by atoms with Crippen molar-refractivity contribution in [3.8, 4) is 5.75 Å². The predicted octanol–water partition coefficient (Wildman–Crippen LogP) is 3.21. The molecule has 9 nitrogen and oxygen atoms in total. The Hall–Kier alpha value is -4.11. The standard InChI is InChI=1S/C25H25N3O6/c1-33-21-11-5-10-20(27-23(29)19-9-4-7-16-6-2-3-8-18(16)19)22(21)24(30)26-14-17-15-34-13-12-28(17)25(31)32/h2-11,17H,12-15H2,1H3,(H,26,30)(H,27,29)(H,31,32). The number of methoxy groups -OCH3 is 1. The van der Waals surface area contributed by atoms with Gasteiger partial charge < -0.3 is 25.2 Å². The molecule has 3 aromatic rings. The summed E-state index contributed by atoms with van der Waals surface area (Å²) < 4.78 is 10.7. The number of fused-ring (bicyclic) bond motifs is 1. The number of carbonyl (C=O) groups excluding carboxylic acids is 2. The van der Waals surface area contributed by atoms with Crippen molar-refractivity contribution < 1.29 is 29.0 Å². The number of nitrogens with one attached hydrogen (secondary N) is 2. The van der Waals surface area contributed by atoms with Gasteiger partial charge in [-0.2, -0.15) is 0 Å². The Morgan fingerprint density at radius 2 is 1.82 bits per heavy atom. The highest BCUT2D eigenvalue weighted by atomic mass is 16.5. The van der Waals surface area contributed by atoms with E-state index in [0.717, 1.165) is 10.8 Å². The fourth-order valence-corrected chi connectivity index (χ4v) is 4.03. The van der Waals surface area contributed by atoms with E-state index in [1.54, 1.807) is 30.3 Å². The van der Waals surface area contributed by atoms with Crippen molar-refractivity contribution in [2.24, 2.45) is 0 Å². The summed E-state index contributed by atoms with van der Waals surface area (Å²) in [5.41, 5.74) is 0.908. The first-order chi connectivity index (χ1) is 16.5. The molecule has 3 aromatic carbocycles. The average Bonchev–Trinajstić information content (AvgIpc) is 2.86. The highest BCUT2D eigenvalue weighted by molar-refractivity contribution is 6.15. The fourth-order valence-electron chi connectivity index (χ4n) is 4.03. The van der Waals surface area contributed by atoms with E-state index in [0.29, 0.717) is 12.2 Å². The van der Waals surface area contributed by atoms with Gasteiger partial charge >= 0.3 is 6.09 Å². The molecule has 1 aliphatic heterocycles. The molecule has 4 rings (SSSR count). The number of rotatable bonds is 6. The first-order valence-corrected chi connectivity index (χ1v) is 10.8. The lowest BCUT2D eigenvalue weighted by Gasteiger charge is -2.33. The molecule has 176 valence electrons. The highest BCUT2D eigenvalue weighted by Gasteiger charge is 2.28. The van der Waals surface area contributed by atoms with Gasteiger partial charge in [0, 0.05) is 18.7 Å². The van der Waals surface area contributed by atoms with Gasteiger partial charge in [-0.25, -0.2) is 4.79 Å². The van der Waals surface area contributed by atoms with Crippen molar-refractivity contribution in [1.29, 1.82) is 0 Å². The second-order valence-electron chi connectivity index (χ2n) is 7.78. The highest BCUT2D eigenvalue weighted by Crippen LogP contribution is 2.28. The summed E-state index contributed by atoms with van der Waals surface area (Å²) in [5, 5.41) is 16.7. The molecule has 0 saturated carbocycles. The molecule has 1 heterocycles. The van der Waals surface area contributed by atoms with Crippen molar-refractivity contribution in [3.63, 3.8) is 0 Å². The Labute approximate surface area is 196 Å². The molecule has 1 saturated heterocycles. The SMILES string of the molecule is COc1cccc(NC(=O)c2cccc3ccccc23)c1C(=O)NCC1COCCN1C(=O)O. The maximum absolute atomic E-state index is 13.2. The van der Waals surface area contributed by atoms with Gasteiger partial charge in [-0.1, -0.05) is 42.5 Å². The molecule has 1 aliphatic rings. The van der Waals surface area contributed by atoms with Crippen LogP contribution in [0.3, 0.4) is 0 Å². The lowest BCUT2D eigenvalue weighted by molar-refractivity contribution is 0.000654. The fraction of sp³-hybridized carbons (Fsp3) is 0.240. The topological polar surface area (TPSA) is 117 Å².